The molecule has 2 aromatic carbocycles. The van der Waals surface area contributed by atoms with Gasteiger partial charge in [0.05, 0.1) is 50.2 Å². The number of benzene rings is 2. The van der Waals surface area contributed by atoms with E-state index in [0.717, 1.165) is 6.42 Å². The molecule has 54 heavy (non-hydrogen) atoms. The average molecular weight is 763 g/mol. The maximum absolute atomic E-state index is 15.1. The van der Waals surface area contributed by atoms with Crippen LogP contribution in [0.2, 0.25) is 18.6 Å². The first-order chi connectivity index (χ1) is 25.5. The number of amides is 4. The summed E-state index contributed by atoms with van der Waals surface area (Å²) in [7, 11) is -3.15. The van der Waals surface area contributed by atoms with Crippen LogP contribution in [0.25, 0.3) is 0 Å². The van der Waals surface area contributed by atoms with Gasteiger partial charge in [0.25, 0.3) is 5.91 Å². The second kappa shape index (κ2) is 13.9. The van der Waals surface area contributed by atoms with Crippen molar-refractivity contribution in [2.45, 2.75) is 108 Å². The molecule has 1 spiro atoms. The Morgan fingerprint density at radius 1 is 0.944 bits per heavy atom. The molecule has 4 amide bonds. The molecule has 2 aromatic rings. The highest BCUT2D eigenvalue weighted by atomic mass is 28.4. The van der Waals surface area contributed by atoms with Crippen molar-refractivity contribution in [3.8, 4) is 0 Å². The monoisotopic (exact) mass is 762 g/mol. The Hall–Kier alpha value is -4.64. The van der Waals surface area contributed by atoms with E-state index in [9.17, 15) is 33.9 Å². The van der Waals surface area contributed by atoms with Crippen molar-refractivity contribution in [2.75, 3.05) is 27.9 Å². The maximum atomic E-state index is 15.1. The lowest BCUT2D eigenvalue weighted by atomic mass is 9.82. The Kier molecular flexibility index (Phi) is 9.69. The minimum Gasteiger partial charge on any atom is -0.441 e. The Bertz CT molecular complexity index is 1920. The molecule has 4 saturated heterocycles. The second-order valence-electron chi connectivity index (χ2n) is 15.5. The van der Waals surface area contributed by atoms with Crippen molar-refractivity contribution in [1.82, 2.24) is 4.90 Å². The van der Waals surface area contributed by atoms with Gasteiger partial charge in [0.15, 0.2) is 26.4 Å². The zero-order chi connectivity index (χ0) is 38.9. The number of β-lactam (4-membered cyclic amide) rings is 2. The number of hydrogen-bond acceptors (Lipinski definition) is 11. The second-order valence-corrected chi connectivity index (χ2v) is 19.4. The number of aliphatic hydroxyl groups is 1. The summed E-state index contributed by atoms with van der Waals surface area (Å²) in [4.78, 5) is 95.7. The predicted octanol–water partition coefficient (Wildman–Crippen LogP) is 2.66. The Morgan fingerprint density at radius 2 is 1.57 bits per heavy atom. The van der Waals surface area contributed by atoms with Crippen LogP contribution in [0.3, 0.4) is 0 Å². The van der Waals surface area contributed by atoms with Crippen molar-refractivity contribution in [1.29, 1.82) is 0 Å². The van der Waals surface area contributed by atoms with Gasteiger partial charge in [-0.3, -0.25) is 38.6 Å². The average Bonchev–Trinajstić information content (AvgIpc) is 3.74. The molecule has 0 aromatic heterocycles. The third-order valence-corrected chi connectivity index (χ3v) is 14.0. The highest BCUT2D eigenvalue weighted by Gasteiger charge is 2.67. The molecule has 16 heteroatoms. The minimum absolute atomic E-state index is 0.00976. The largest absolute Gasteiger partial charge is 0.441 e. The van der Waals surface area contributed by atoms with Crippen LogP contribution in [0.4, 0.5) is 17.1 Å². The molecule has 4 fully saturated rings. The molecule has 7 rings (SSSR count). The summed E-state index contributed by atoms with van der Waals surface area (Å²) in [6, 6.07) is 11.8. The van der Waals surface area contributed by atoms with Crippen LogP contribution in [0, 0.1) is 5.92 Å². The van der Waals surface area contributed by atoms with E-state index in [1.165, 1.54) is 23.6 Å². The minimum atomic E-state index is -3.15. The number of ether oxygens (including phenoxy) is 3. The SMILES string of the molecule is CC(=O)OC1CC(=O)N1c1cccc(CN2C(=O)[C@]3(O[C@H](CC(=O)N4CCC[C@H]4CO)[C@@H]([Si](C)(C)O)[C@@H]3C)c3cc(N4C(=O)CC4OC(C)=O)ccc32)c1. The first kappa shape index (κ1) is 37.7. The number of rotatable bonds is 10. The van der Waals surface area contributed by atoms with E-state index in [2.05, 4.69) is 0 Å². The third kappa shape index (κ3) is 6.27. The van der Waals surface area contributed by atoms with E-state index in [1.54, 1.807) is 59.3 Å². The highest BCUT2D eigenvalue weighted by molar-refractivity contribution is 6.71. The fraction of sp³-hybridized carbons (Fsp3) is 0.526. The van der Waals surface area contributed by atoms with Crippen LogP contribution in [0.1, 0.15) is 64.0 Å². The fourth-order valence-electron chi connectivity index (χ4n) is 9.17. The molecule has 15 nitrogen and oxygen atoms in total. The lowest BCUT2D eigenvalue weighted by molar-refractivity contribution is -0.155. The van der Waals surface area contributed by atoms with Crippen molar-refractivity contribution >= 4 is 60.9 Å². The predicted molar refractivity (Wildman–Crippen MR) is 195 cm³/mol. The number of nitrogens with zero attached hydrogens (tertiary/aromatic N) is 4. The summed E-state index contributed by atoms with van der Waals surface area (Å²) >= 11 is 0. The molecular weight excluding hydrogens is 717 g/mol. The summed E-state index contributed by atoms with van der Waals surface area (Å²) in [6.45, 7) is 8.32. The molecule has 5 aliphatic rings. The number of esters is 2. The molecule has 0 aliphatic carbocycles. The summed E-state index contributed by atoms with van der Waals surface area (Å²) in [5.41, 5.74) is 0.294. The molecule has 7 atom stereocenters. The fourth-order valence-corrected chi connectivity index (χ4v) is 11.7. The Labute approximate surface area is 313 Å². The van der Waals surface area contributed by atoms with Gasteiger partial charge in [0.1, 0.15) is 0 Å². The van der Waals surface area contributed by atoms with E-state index in [-0.39, 0.29) is 56.2 Å². The van der Waals surface area contributed by atoms with Gasteiger partial charge in [-0.25, -0.2) is 0 Å². The molecular formula is C38H46N4O11Si. The topological polar surface area (TPSA) is 184 Å². The van der Waals surface area contributed by atoms with E-state index in [0.29, 0.717) is 41.2 Å². The molecule has 2 unspecified atom stereocenters. The van der Waals surface area contributed by atoms with E-state index in [1.807, 2.05) is 13.0 Å². The molecule has 5 aliphatic heterocycles. The summed E-state index contributed by atoms with van der Waals surface area (Å²) in [5, 5.41) is 9.93. The van der Waals surface area contributed by atoms with Gasteiger partial charge < -0.3 is 33.9 Å². The lowest BCUT2D eigenvalue weighted by Gasteiger charge is -2.39. The summed E-state index contributed by atoms with van der Waals surface area (Å²) in [5.74, 6) is -2.79. The van der Waals surface area contributed by atoms with Gasteiger partial charge in [-0.1, -0.05) is 19.1 Å². The Morgan fingerprint density at radius 3 is 2.15 bits per heavy atom. The number of hydrogen-bond donors (Lipinski definition) is 2. The van der Waals surface area contributed by atoms with Crippen LogP contribution in [-0.2, 0) is 55.1 Å². The van der Waals surface area contributed by atoms with Gasteiger partial charge in [0.2, 0.25) is 17.7 Å². The van der Waals surface area contributed by atoms with Crippen LogP contribution in [0.15, 0.2) is 42.5 Å². The quantitative estimate of drug-likeness (QED) is 0.206. The number of fused-ring (bicyclic) bond motifs is 2. The zero-order valence-electron chi connectivity index (χ0n) is 31.0. The van der Waals surface area contributed by atoms with Gasteiger partial charge in [-0.2, -0.15) is 0 Å². The zero-order valence-corrected chi connectivity index (χ0v) is 32.0. The standard InChI is InChI=1S/C38H46N4O11Si/c1-21-36(54(4,5)50)30(16-31(46)39-13-7-10-27(39)20-43)53-38(21)28-15-26(42-33(48)18-35(42)52-23(3)45)11-12-29(28)40(37(38)49)19-24-8-6-9-25(14-24)41-32(47)17-34(41)51-22(2)44/h6,8-9,11-12,14-15,21,27,30,34-36,43,50H,7,10,13,16-20H2,1-5H3/t21-,27-,30+,34?,35?,36-,38+/m0/s1. The maximum Gasteiger partial charge on any atom is 0.304 e. The first-order valence-corrected chi connectivity index (χ1v) is 21.4. The number of carbonyl (C=O) groups excluding carboxylic acids is 6. The smallest absolute Gasteiger partial charge is 0.304 e. The first-order valence-electron chi connectivity index (χ1n) is 18.4. The van der Waals surface area contributed by atoms with Gasteiger partial charge >= 0.3 is 11.9 Å². The van der Waals surface area contributed by atoms with E-state index >= 15 is 4.79 Å². The van der Waals surface area contributed by atoms with Crippen LogP contribution < -0.4 is 14.7 Å². The summed E-state index contributed by atoms with van der Waals surface area (Å²) < 4.78 is 17.6. The van der Waals surface area contributed by atoms with Gasteiger partial charge in [-0.05, 0) is 61.8 Å². The number of anilines is 3. The van der Waals surface area contributed by atoms with Crippen LogP contribution in [0.5, 0.6) is 0 Å². The van der Waals surface area contributed by atoms with Crippen LogP contribution >= 0.6 is 0 Å². The number of likely N-dealkylation sites (tertiary alicyclic amines) is 1. The molecule has 288 valence electrons. The normalized spacial score (nSPS) is 29.1. The molecule has 0 radical (unpaired) electrons. The van der Waals surface area contributed by atoms with Crippen molar-refractivity contribution in [3.63, 3.8) is 0 Å². The highest BCUT2D eigenvalue weighted by Crippen LogP contribution is 2.60. The van der Waals surface area contributed by atoms with E-state index in [4.69, 9.17) is 14.2 Å². The summed E-state index contributed by atoms with van der Waals surface area (Å²) in [6.07, 6.45) is -0.962. The molecule has 0 saturated carbocycles. The molecule has 5 heterocycles. The third-order valence-electron chi connectivity index (χ3n) is 11.5. The van der Waals surface area contributed by atoms with E-state index < -0.39 is 61.8 Å². The van der Waals surface area contributed by atoms with Crippen molar-refractivity contribution < 1.29 is 52.9 Å². The number of aliphatic hydroxyl groups excluding tert-OH is 1. The van der Waals surface area contributed by atoms with Crippen molar-refractivity contribution in [3.05, 3.63) is 53.6 Å². The lowest BCUT2D eigenvalue weighted by Crippen LogP contribution is -2.55. The Balaban J connectivity index is 1.28. The van der Waals surface area contributed by atoms with Gasteiger partial charge in [-0.15, -0.1) is 0 Å². The van der Waals surface area contributed by atoms with Crippen LogP contribution in [-0.4, -0.2) is 96.4 Å². The van der Waals surface area contributed by atoms with Gasteiger partial charge in [0, 0.05) is 48.8 Å². The number of carbonyl (C=O) groups is 6. The molecule has 0 bridgehead atoms. The van der Waals surface area contributed by atoms with Crippen molar-refractivity contribution in [2.24, 2.45) is 5.92 Å². The molecule has 2 N–H and O–H groups in total.